The molecule has 0 spiro atoms. The molecule has 2 aromatic carbocycles. The van der Waals surface area contributed by atoms with Gasteiger partial charge in [-0.3, -0.25) is 4.79 Å². The second kappa shape index (κ2) is 11.3. The fourth-order valence-electron chi connectivity index (χ4n) is 2.96. The fourth-order valence-corrected chi connectivity index (χ4v) is 3.93. The van der Waals surface area contributed by atoms with Crippen LogP contribution in [0.15, 0.2) is 53.7 Å². The van der Waals surface area contributed by atoms with Crippen LogP contribution < -0.4 is 14.8 Å². The van der Waals surface area contributed by atoms with Crippen molar-refractivity contribution in [3.8, 4) is 11.5 Å². The van der Waals surface area contributed by atoms with E-state index in [1.807, 2.05) is 17.6 Å². The van der Waals surface area contributed by atoms with Crippen molar-refractivity contribution >= 4 is 23.7 Å². The molecule has 0 saturated heterocycles. The summed E-state index contributed by atoms with van der Waals surface area (Å²) in [5.74, 6) is 2.04. The quantitative estimate of drug-likeness (QED) is 0.366. The van der Waals surface area contributed by atoms with E-state index in [0.29, 0.717) is 29.6 Å². The molecule has 0 bridgehead atoms. The number of halogens is 1. The van der Waals surface area contributed by atoms with Gasteiger partial charge in [-0.1, -0.05) is 30.0 Å². The standard InChI is InChI=1S/C23H25FN4O3S/c1-4-28-21(26-27-23(28)32-15-17-5-9-18(24)10-6-17)14-25-22(29)12-8-16-7-11-19(30-2)20(13-16)31-3/h5-13H,4,14-15H2,1-3H3,(H,25,29)/b12-8+. The summed E-state index contributed by atoms with van der Waals surface area (Å²) in [6.07, 6.45) is 3.16. The lowest BCUT2D eigenvalue weighted by atomic mass is 10.2. The Morgan fingerprint density at radius 2 is 1.88 bits per heavy atom. The number of aromatic nitrogens is 3. The summed E-state index contributed by atoms with van der Waals surface area (Å²) in [4.78, 5) is 12.3. The molecular formula is C23H25FN4O3S. The third kappa shape index (κ3) is 6.10. The minimum absolute atomic E-state index is 0.244. The van der Waals surface area contributed by atoms with Crippen molar-refractivity contribution in [2.45, 2.75) is 30.9 Å². The molecule has 0 radical (unpaired) electrons. The van der Waals surface area contributed by atoms with Gasteiger partial charge in [0.25, 0.3) is 0 Å². The van der Waals surface area contributed by atoms with Crippen molar-refractivity contribution in [2.75, 3.05) is 14.2 Å². The van der Waals surface area contributed by atoms with E-state index in [0.717, 1.165) is 16.3 Å². The van der Waals surface area contributed by atoms with Crippen LogP contribution in [0.3, 0.4) is 0 Å². The Bertz CT molecular complexity index is 1080. The Morgan fingerprint density at radius 3 is 2.56 bits per heavy atom. The number of thioether (sulfide) groups is 1. The smallest absolute Gasteiger partial charge is 0.244 e. The molecule has 3 aromatic rings. The second-order valence-electron chi connectivity index (χ2n) is 6.72. The van der Waals surface area contributed by atoms with Gasteiger partial charge in [-0.2, -0.15) is 0 Å². The lowest BCUT2D eigenvalue weighted by Gasteiger charge is -2.08. The summed E-state index contributed by atoms with van der Waals surface area (Å²) in [6, 6.07) is 11.8. The van der Waals surface area contributed by atoms with Crippen LogP contribution in [0.5, 0.6) is 11.5 Å². The maximum absolute atomic E-state index is 13.1. The van der Waals surface area contributed by atoms with E-state index in [1.54, 1.807) is 44.6 Å². The first-order chi connectivity index (χ1) is 15.5. The maximum atomic E-state index is 13.1. The van der Waals surface area contributed by atoms with E-state index in [-0.39, 0.29) is 18.3 Å². The number of amides is 1. The van der Waals surface area contributed by atoms with Crippen molar-refractivity contribution < 1.29 is 18.7 Å². The summed E-state index contributed by atoms with van der Waals surface area (Å²) >= 11 is 1.52. The summed E-state index contributed by atoms with van der Waals surface area (Å²) in [7, 11) is 3.14. The second-order valence-corrected chi connectivity index (χ2v) is 7.67. The number of carbonyl (C=O) groups excluding carboxylic acids is 1. The first-order valence-electron chi connectivity index (χ1n) is 10.0. The van der Waals surface area contributed by atoms with Crippen molar-refractivity contribution in [2.24, 2.45) is 0 Å². The van der Waals surface area contributed by atoms with Gasteiger partial charge in [0, 0.05) is 18.4 Å². The van der Waals surface area contributed by atoms with Crippen LogP contribution in [0.2, 0.25) is 0 Å². The first kappa shape index (κ1) is 23.3. The van der Waals surface area contributed by atoms with Gasteiger partial charge in [0.1, 0.15) is 5.82 Å². The van der Waals surface area contributed by atoms with E-state index in [4.69, 9.17) is 9.47 Å². The Hall–Kier alpha value is -3.33. The summed E-state index contributed by atoms with van der Waals surface area (Å²) in [6.45, 7) is 2.92. The highest BCUT2D eigenvalue weighted by Crippen LogP contribution is 2.28. The summed E-state index contributed by atoms with van der Waals surface area (Å²) in [5.41, 5.74) is 1.81. The lowest BCUT2D eigenvalue weighted by Crippen LogP contribution is -2.22. The van der Waals surface area contributed by atoms with Gasteiger partial charge < -0.3 is 19.4 Å². The zero-order valence-corrected chi connectivity index (χ0v) is 19.0. The molecule has 0 aliphatic rings. The zero-order valence-electron chi connectivity index (χ0n) is 18.2. The molecule has 0 saturated carbocycles. The summed E-state index contributed by atoms with van der Waals surface area (Å²) < 4.78 is 25.5. The molecule has 1 heterocycles. The monoisotopic (exact) mass is 456 g/mol. The van der Waals surface area contributed by atoms with Gasteiger partial charge >= 0.3 is 0 Å². The van der Waals surface area contributed by atoms with E-state index in [1.165, 1.54) is 30.0 Å². The molecular weight excluding hydrogens is 431 g/mol. The third-order valence-corrected chi connectivity index (χ3v) is 5.68. The molecule has 9 heteroatoms. The zero-order chi connectivity index (χ0) is 22.9. The van der Waals surface area contributed by atoms with Gasteiger partial charge in [-0.05, 0) is 48.4 Å². The fraction of sp³-hybridized carbons (Fsp3) is 0.261. The number of ether oxygens (including phenoxy) is 2. The molecule has 7 nitrogen and oxygen atoms in total. The lowest BCUT2D eigenvalue weighted by molar-refractivity contribution is -0.116. The normalized spacial score (nSPS) is 11.0. The van der Waals surface area contributed by atoms with Gasteiger partial charge in [0.15, 0.2) is 22.5 Å². The highest BCUT2D eigenvalue weighted by atomic mass is 32.2. The van der Waals surface area contributed by atoms with Crippen molar-refractivity contribution in [1.29, 1.82) is 0 Å². The number of rotatable bonds is 10. The van der Waals surface area contributed by atoms with Gasteiger partial charge in [-0.25, -0.2) is 4.39 Å². The molecule has 0 aliphatic carbocycles. The number of hydrogen-bond donors (Lipinski definition) is 1. The van der Waals surface area contributed by atoms with Crippen molar-refractivity contribution in [3.05, 3.63) is 71.3 Å². The molecule has 1 amide bonds. The number of methoxy groups -OCH3 is 2. The minimum Gasteiger partial charge on any atom is -0.493 e. The Morgan fingerprint density at radius 1 is 1.12 bits per heavy atom. The van der Waals surface area contributed by atoms with Crippen LogP contribution in [0.4, 0.5) is 4.39 Å². The van der Waals surface area contributed by atoms with Crippen molar-refractivity contribution in [3.63, 3.8) is 0 Å². The highest BCUT2D eigenvalue weighted by molar-refractivity contribution is 7.98. The minimum atomic E-state index is -0.256. The number of carbonyl (C=O) groups is 1. The van der Waals surface area contributed by atoms with Crippen LogP contribution in [0.1, 0.15) is 23.9 Å². The average Bonchev–Trinajstić information content (AvgIpc) is 3.22. The van der Waals surface area contributed by atoms with E-state index < -0.39 is 0 Å². The van der Waals surface area contributed by atoms with E-state index >= 15 is 0 Å². The number of nitrogens with one attached hydrogen (secondary N) is 1. The Kier molecular flexibility index (Phi) is 8.27. The molecule has 168 valence electrons. The average molecular weight is 457 g/mol. The van der Waals surface area contributed by atoms with Gasteiger partial charge in [0.2, 0.25) is 5.91 Å². The topological polar surface area (TPSA) is 78.3 Å². The number of hydrogen-bond acceptors (Lipinski definition) is 6. The molecule has 0 aliphatic heterocycles. The Labute approximate surface area is 190 Å². The Balaban J connectivity index is 1.57. The molecule has 0 unspecified atom stereocenters. The van der Waals surface area contributed by atoms with Gasteiger partial charge in [0.05, 0.1) is 20.8 Å². The molecule has 3 rings (SSSR count). The summed E-state index contributed by atoms with van der Waals surface area (Å²) in [5, 5.41) is 12.0. The molecule has 32 heavy (non-hydrogen) atoms. The predicted molar refractivity (Wildman–Crippen MR) is 122 cm³/mol. The van der Waals surface area contributed by atoms with Crippen molar-refractivity contribution in [1.82, 2.24) is 20.1 Å². The molecule has 0 atom stereocenters. The highest BCUT2D eigenvalue weighted by Gasteiger charge is 2.12. The van der Waals surface area contributed by atoms with Crippen LogP contribution in [0, 0.1) is 5.82 Å². The van der Waals surface area contributed by atoms with Crippen LogP contribution in [-0.4, -0.2) is 34.9 Å². The molecule has 1 N–H and O–H groups in total. The SMILES string of the molecule is CCn1c(CNC(=O)/C=C/c2ccc(OC)c(OC)c2)nnc1SCc1ccc(F)cc1. The maximum Gasteiger partial charge on any atom is 0.244 e. The van der Waals surface area contributed by atoms with Gasteiger partial charge in [-0.15, -0.1) is 10.2 Å². The van der Waals surface area contributed by atoms with E-state index in [9.17, 15) is 9.18 Å². The van der Waals surface area contributed by atoms with E-state index in [2.05, 4.69) is 15.5 Å². The van der Waals surface area contributed by atoms with Crippen LogP contribution in [-0.2, 0) is 23.6 Å². The first-order valence-corrected chi connectivity index (χ1v) is 11.0. The molecule has 0 fully saturated rings. The largest absolute Gasteiger partial charge is 0.493 e. The van der Waals surface area contributed by atoms with Crippen LogP contribution in [0.25, 0.3) is 6.08 Å². The van der Waals surface area contributed by atoms with Crippen LogP contribution >= 0.6 is 11.8 Å². The number of nitrogens with zero attached hydrogens (tertiary/aromatic N) is 3. The molecule has 1 aromatic heterocycles. The third-order valence-electron chi connectivity index (χ3n) is 4.65. The predicted octanol–water partition coefficient (Wildman–Crippen LogP) is 4.08. The number of benzene rings is 2.